The number of carbonyl (C=O) groups excluding carboxylic acids is 2. The van der Waals surface area contributed by atoms with Gasteiger partial charge in [-0.15, -0.1) is 0 Å². The summed E-state index contributed by atoms with van der Waals surface area (Å²) in [6.07, 6.45) is 4.12. The Balaban J connectivity index is 1.20. The number of likely N-dealkylation sites (N-methyl/N-ethyl adjacent to an activating group) is 1. The molecule has 11 nitrogen and oxygen atoms in total. The molecule has 2 heterocycles. The molecule has 0 spiro atoms. The van der Waals surface area contributed by atoms with Crippen molar-refractivity contribution in [2.45, 2.75) is 56.9 Å². The number of hydrogen-bond donors (Lipinski definition) is 4. The van der Waals surface area contributed by atoms with Crippen LogP contribution in [0.1, 0.15) is 36.7 Å². The Labute approximate surface area is 320 Å². The van der Waals surface area contributed by atoms with Crippen molar-refractivity contribution < 1.29 is 23.8 Å². The van der Waals surface area contributed by atoms with E-state index in [4.69, 9.17) is 27.9 Å². The number of ether oxygens (including phenoxy) is 1. The summed E-state index contributed by atoms with van der Waals surface area (Å²) in [6.45, 7) is 2.57. The third-order valence-electron chi connectivity index (χ3n) is 9.69. The zero-order chi connectivity index (χ0) is 38.3. The van der Waals surface area contributed by atoms with Crippen molar-refractivity contribution in [3.05, 3.63) is 99.7 Å². The van der Waals surface area contributed by atoms with E-state index in [0.29, 0.717) is 36.8 Å². The van der Waals surface area contributed by atoms with Crippen LogP contribution in [0.25, 0.3) is 11.3 Å². The van der Waals surface area contributed by atoms with E-state index in [1.54, 1.807) is 24.0 Å². The van der Waals surface area contributed by atoms with Crippen LogP contribution in [0.3, 0.4) is 0 Å². The highest BCUT2D eigenvalue weighted by atomic mass is 35.5. The van der Waals surface area contributed by atoms with Crippen LogP contribution in [-0.4, -0.2) is 94.7 Å². The van der Waals surface area contributed by atoms with Crippen LogP contribution in [0.2, 0.25) is 10.0 Å². The van der Waals surface area contributed by atoms with Gasteiger partial charge in [-0.05, 0) is 101 Å². The first-order chi connectivity index (χ1) is 25.3. The summed E-state index contributed by atoms with van der Waals surface area (Å²) in [4.78, 5) is 35.2. The number of nitrogens with one attached hydrogen (secondary N) is 3. The minimum atomic E-state index is -1.14. The molecule has 3 aromatic carbocycles. The molecule has 1 aliphatic rings. The molecule has 1 aliphatic heterocycles. The number of amides is 2. The van der Waals surface area contributed by atoms with Gasteiger partial charge in [-0.25, -0.2) is 9.37 Å². The maximum Gasteiger partial charge on any atom is 0.247 e. The first-order valence-electron chi connectivity index (χ1n) is 17.6. The Kier molecular flexibility index (Phi) is 13.5. The molecule has 1 fully saturated rings. The van der Waals surface area contributed by atoms with E-state index in [9.17, 15) is 14.7 Å². The van der Waals surface area contributed by atoms with Gasteiger partial charge in [-0.1, -0.05) is 35.3 Å². The fourth-order valence-corrected chi connectivity index (χ4v) is 6.93. The summed E-state index contributed by atoms with van der Waals surface area (Å²) in [7, 11) is 7.83. The highest BCUT2D eigenvalue weighted by molar-refractivity contribution is 6.31. The second-order valence-corrected chi connectivity index (χ2v) is 14.8. The van der Waals surface area contributed by atoms with Crippen LogP contribution >= 0.6 is 23.2 Å². The van der Waals surface area contributed by atoms with Crippen LogP contribution < -0.4 is 20.7 Å². The number of likely N-dealkylation sites (tertiary alicyclic amines) is 1. The fraction of sp³-hybridized carbons (Fsp3) is 0.410. The third kappa shape index (κ3) is 10.1. The standard InChI is InChI=1S/C39H48Cl2FN7O4/c1-25(37(51)46-33(23-50)38(52)49-16-6-15-39(24-49,43-2)19-26-7-11-28(40)12-8-26)44-20-31-32(42)17-29(41)18-35(31)53-30-13-9-27(10-14-30)34-21-45-36(48(34)5)22-47(3)4/h7-14,17-18,21,25,33,43-44,50H,6,15-16,19-20,22-24H2,1-5H3,(H,46,51)/t25-,33-,39+/m0/s1. The number of aliphatic hydroxyl groups is 1. The van der Waals surface area contributed by atoms with E-state index < -0.39 is 30.4 Å². The van der Waals surface area contributed by atoms with Crippen molar-refractivity contribution in [3.8, 4) is 22.8 Å². The molecule has 0 radical (unpaired) electrons. The summed E-state index contributed by atoms with van der Waals surface area (Å²) < 4.78 is 23.4. The zero-order valence-electron chi connectivity index (χ0n) is 30.8. The molecule has 2 amide bonds. The first kappa shape index (κ1) is 40.2. The van der Waals surface area contributed by atoms with Crippen molar-refractivity contribution in [2.75, 3.05) is 40.8 Å². The molecule has 0 aliphatic carbocycles. The van der Waals surface area contributed by atoms with Crippen molar-refractivity contribution in [1.82, 2.24) is 35.3 Å². The topological polar surface area (TPSA) is 124 Å². The smallest absolute Gasteiger partial charge is 0.247 e. The van der Waals surface area contributed by atoms with Gasteiger partial charge in [-0.3, -0.25) is 9.59 Å². The Morgan fingerprint density at radius 2 is 1.81 bits per heavy atom. The van der Waals surface area contributed by atoms with E-state index >= 15 is 4.39 Å². The van der Waals surface area contributed by atoms with Gasteiger partial charge < -0.3 is 40.2 Å². The van der Waals surface area contributed by atoms with E-state index in [0.717, 1.165) is 35.5 Å². The molecule has 3 atom stereocenters. The minimum absolute atomic E-state index is 0.0755. The Morgan fingerprint density at radius 3 is 2.47 bits per heavy atom. The summed E-state index contributed by atoms with van der Waals surface area (Å²) in [5.74, 6) is 0.0974. The number of halogens is 3. The van der Waals surface area contributed by atoms with Gasteiger partial charge in [0, 0.05) is 53.4 Å². The summed E-state index contributed by atoms with van der Waals surface area (Å²) in [5.41, 5.74) is 2.77. The van der Waals surface area contributed by atoms with Crippen LogP contribution in [0.15, 0.2) is 66.9 Å². The quantitative estimate of drug-likeness (QED) is 0.131. The lowest BCUT2D eigenvalue weighted by molar-refractivity contribution is -0.140. The van der Waals surface area contributed by atoms with Crippen molar-refractivity contribution >= 4 is 35.0 Å². The lowest BCUT2D eigenvalue weighted by Crippen LogP contribution is -2.62. The number of aromatic nitrogens is 2. The normalized spacial score (nSPS) is 17.1. The highest BCUT2D eigenvalue weighted by Gasteiger charge is 2.38. The molecule has 0 unspecified atom stereocenters. The predicted molar refractivity (Wildman–Crippen MR) is 206 cm³/mol. The molecule has 5 rings (SSSR count). The Bertz CT molecular complexity index is 1870. The average molecular weight is 769 g/mol. The van der Waals surface area contributed by atoms with E-state index in [1.165, 1.54) is 12.1 Å². The lowest BCUT2D eigenvalue weighted by atomic mass is 9.83. The van der Waals surface area contributed by atoms with Gasteiger partial charge in [0.25, 0.3) is 0 Å². The van der Waals surface area contributed by atoms with Crippen molar-refractivity contribution in [2.24, 2.45) is 7.05 Å². The van der Waals surface area contributed by atoms with E-state index in [1.807, 2.05) is 75.4 Å². The summed E-state index contributed by atoms with van der Waals surface area (Å²) in [5, 5.41) is 20.1. The molecule has 14 heteroatoms. The molecule has 0 saturated carbocycles. The fourth-order valence-electron chi connectivity index (χ4n) is 6.61. The molecule has 1 saturated heterocycles. The number of hydrogen-bond acceptors (Lipinski definition) is 8. The number of nitrogens with zero attached hydrogens (tertiary/aromatic N) is 4. The Hall–Kier alpha value is -4.04. The second-order valence-electron chi connectivity index (χ2n) is 13.9. The van der Waals surface area contributed by atoms with Crippen molar-refractivity contribution in [1.29, 1.82) is 0 Å². The Morgan fingerprint density at radius 1 is 1.09 bits per heavy atom. The van der Waals surface area contributed by atoms with Gasteiger partial charge in [0.15, 0.2) is 0 Å². The SMILES string of the molecule is CN[C@@]1(Cc2ccc(Cl)cc2)CCCN(C(=O)[C@H](CO)NC(=O)[C@H](C)NCc2c(F)cc(Cl)cc2Oc2ccc(-c3cnc(CN(C)C)n3C)cc2)C1. The van der Waals surface area contributed by atoms with Crippen LogP contribution in [0, 0.1) is 5.82 Å². The second kappa shape index (κ2) is 17.9. The summed E-state index contributed by atoms with van der Waals surface area (Å²) >= 11 is 12.3. The zero-order valence-corrected chi connectivity index (χ0v) is 32.3. The third-order valence-corrected chi connectivity index (χ3v) is 10.2. The van der Waals surface area contributed by atoms with Gasteiger partial charge in [-0.2, -0.15) is 0 Å². The number of aliphatic hydroxyl groups excluding tert-OH is 1. The maximum atomic E-state index is 15.3. The van der Waals surface area contributed by atoms with Crippen LogP contribution in [-0.2, 0) is 36.1 Å². The molecule has 53 heavy (non-hydrogen) atoms. The largest absolute Gasteiger partial charge is 0.457 e. The maximum absolute atomic E-state index is 15.3. The van der Waals surface area contributed by atoms with Gasteiger partial charge in [0.1, 0.15) is 29.2 Å². The molecule has 4 N–H and O–H groups in total. The predicted octanol–water partition coefficient (Wildman–Crippen LogP) is 5.17. The number of benzene rings is 3. The monoisotopic (exact) mass is 767 g/mol. The molecular weight excluding hydrogens is 720 g/mol. The first-order valence-corrected chi connectivity index (χ1v) is 18.3. The number of carbonyl (C=O) groups is 2. The van der Waals surface area contributed by atoms with Gasteiger partial charge in [0.2, 0.25) is 11.8 Å². The van der Waals surface area contributed by atoms with Crippen LogP contribution in [0.4, 0.5) is 4.39 Å². The summed E-state index contributed by atoms with van der Waals surface area (Å²) in [6, 6.07) is 15.7. The molecule has 284 valence electrons. The number of imidazole rings is 1. The number of piperidine rings is 1. The molecule has 4 aromatic rings. The van der Waals surface area contributed by atoms with E-state index in [2.05, 4.69) is 25.8 Å². The minimum Gasteiger partial charge on any atom is -0.457 e. The van der Waals surface area contributed by atoms with Gasteiger partial charge >= 0.3 is 0 Å². The van der Waals surface area contributed by atoms with E-state index in [-0.39, 0.29) is 34.3 Å². The van der Waals surface area contributed by atoms with Gasteiger partial charge in [0.05, 0.1) is 31.1 Å². The highest BCUT2D eigenvalue weighted by Crippen LogP contribution is 2.32. The molecule has 1 aromatic heterocycles. The molecular formula is C39H48Cl2FN7O4. The number of rotatable bonds is 15. The van der Waals surface area contributed by atoms with Crippen molar-refractivity contribution in [3.63, 3.8) is 0 Å². The lowest BCUT2D eigenvalue weighted by Gasteiger charge is -2.44. The molecule has 0 bridgehead atoms. The van der Waals surface area contributed by atoms with Crippen LogP contribution in [0.5, 0.6) is 11.5 Å². The average Bonchev–Trinajstić information content (AvgIpc) is 3.49.